The molecule has 1 N–H and O–H groups in total. The Balaban J connectivity index is 1.48. The van der Waals surface area contributed by atoms with Crippen LogP contribution in [0.1, 0.15) is 24.3 Å². The minimum atomic E-state index is -0.570. The molecule has 3 aromatic rings. The summed E-state index contributed by atoms with van der Waals surface area (Å²) in [5.41, 5.74) is 1.90. The molecule has 2 aromatic heterocycles. The zero-order valence-electron chi connectivity index (χ0n) is 16.0. The molecule has 4 rings (SSSR count). The van der Waals surface area contributed by atoms with Crippen molar-refractivity contribution >= 4 is 23.2 Å². The van der Waals surface area contributed by atoms with Crippen LogP contribution in [-0.2, 0) is 9.59 Å². The maximum Gasteiger partial charge on any atom is 0.274 e. The van der Waals surface area contributed by atoms with E-state index in [0.717, 1.165) is 16.1 Å². The van der Waals surface area contributed by atoms with E-state index in [9.17, 15) is 14.0 Å². The molecular weight excluding hydrogens is 391 g/mol. The van der Waals surface area contributed by atoms with E-state index in [1.807, 2.05) is 0 Å². The maximum absolute atomic E-state index is 13.9. The van der Waals surface area contributed by atoms with Crippen LogP contribution in [0.4, 0.5) is 10.1 Å². The molecule has 152 valence electrons. The molecule has 30 heavy (non-hydrogen) atoms. The molecule has 3 heterocycles. The molecule has 0 bridgehead atoms. The lowest BCUT2D eigenvalue weighted by Gasteiger charge is -2.21. The van der Waals surface area contributed by atoms with Crippen molar-refractivity contribution in [3.05, 3.63) is 60.0 Å². The Morgan fingerprint density at radius 3 is 2.80 bits per heavy atom. The summed E-state index contributed by atoms with van der Waals surface area (Å²) in [5, 5.41) is 11.6. The summed E-state index contributed by atoms with van der Waals surface area (Å²) in [7, 11) is 0. The number of benzene rings is 1. The van der Waals surface area contributed by atoms with E-state index in [2.05, 4.69) is 25.5 Å². The van der Waals surface area contributed by atoms with Crippen LogP contribution in [0.25, 0.3) is 11.4 Å². The first-order valence-corrected chi connectivity index (χ1v) is 9.18. The number of carbonyl (C=O) groups excluding carboxylic acids is 2. The molecule has 0 saturated heterocycles. The van der Waals surface area contributed by atoms with E-state index in [-0.39, 0.29) is 30.5 Å². The predicted octanol–water partition coefficient (Wildman–Crippen LogP) is 2.54. The lowest BCUT2D eigenvalue weighted by Crippen LogP contribution is -2.38. The summed E-state index contributed by atoms with van der Waals surface area (Å²) in [6.45, 7) is 1.38. The highest BCUT2D eigenvalue weighted by Crippen LogP contribution is 2.19. The Bertz CT molecular complexity index is 1130. The normalized spacial score (nSPS) is 13.9. The molecule has 0 saturated carbocycles. The summed E-state index contributed by atoms with van der Waals surface area (Å²) in [6, 6.07) is 7.93. The smallest absolute Gasteiger partial charge is 0.274 e. The molecule has 0 fully saturated rings. The van der Waals surface area contributed by atoms with Gasteiger partial charge in [0.1, 0.15) is 18.1 Å². The Labute approximate surface area is 170 Å². The fourth-order valence-electron chi connectivity index (χ4n) is 2.89. The second-order valence-corrected chi connectivity index (χ2v) is 6.69. The molecule has 9 nitrogen and oxygen atoms in total. The van der Waals surface area contributed by atoms with Crippen molar-refractivity contribution in [1.82, 2.24) is 20.1 Å². The Hall–Kier alpha value is -3.95. The molecule has 1 aliphatic rings. The van der Waals surface area contributed by atoms with Crippen molar-refractivity contribution in [3.8, 4) is 11.4 Å². The number of rotatable bonds is 5. The van der Waals surface area contributed by atoms with Gasteiger partial charge in [0, 0.05) is 30.8 Å². The van der Waals surface area contributed by atoms with Gasteiger partial charge in [-0.3, -0.25) is 14.6 Å². The van der Waals surface area contributed by atoms with E-state index >= 15 is 0 Å². The highest BCUT2D eigenvalue weighted by molar-refractivity contribution is 6.02. The van der Waals surface area contributed by atoms with Crippen molar-refractivity contribution in [2.45, 2.75) is 19.8 Å². The molecule has 0 radical (unpaired) electrons. The largest absolute Gasteiger partial charge is 0.332 e. The number of aryl methyl sites for hydroxylation is 1. The molecule has 10 heteroatoms. The molecule has 0 aliphatic carbocycles. The van der Waals surface area contributed by atoms with Gasteiger partial charge in [0.25, 0.3) is 5.89 Å². The Morgan fingerprint density at radius 1 is 1.23 bits per heavy atom. The van der Waals surface area contributed by atoms with Crippen LogP contribution in [0.3, 0.4) is 0 Å². The highest BCUT2D eigenvalue weighted by atomic mass is 19.1. The fourth-order valence-corrected chi connectivity index (χ4v) is 2.89. The number of amides is 2. The van der Waals surface area contributed by atoms with Crippen LogP contribution < -0.4 is 5.32 Å². The molecule has 1 aromatic carbocycles. The standard InChI is InChI=1S/C20H17FN6O3/c1-12-2-3-15(14(21)10-12)23-17(28)11-27-18(29)5-4-16(25-27)20-24-19(26-30-20)13-6-8-22-9-7-13/h2-3,6-10H,4-5,11H2,1H3,(H,23,28). The van der Waals surface area contributed by atoms with Gasteiger partial charge < -0.3 is 9.84 Å². The highest BCUT2D eigenvalue weighted by Gasteiger charge is 2.26. The van der Waals surface area contributed by atoms with Crippen LogP contribution in [0, 0.1) is 12.7 Å². The summed E-state index contributed by atoms with van der Waals surface area (Å²) in [4.78, 5) is 32.7. The van der Waals surface area contributed by atoms with Gasteiger partial charge in [-0.1, -0.05) is 11.2 Å². The molecule has 1 aliphatic heterocycles. The lowest BCUT2D eigenvalue weighted by molar-refractivity contribution is -0.135. The number of anilines is 1. The van der Waals surface area contributed by atoms with E-state index in [1.54, 1.807) is 37.5 Å². The van der Waals surface area contributed by atoms with Crippen molar-refractivity contribution in [2.24, 2.45) is 5.10 Å². The number of pyridine rings is 1. The number of aromatic nitrogens is 3. The first kappa shape index (κ1) is 19.4. The minimum Gasteiger partial charge on any atom is -0.332 e. The van der Waals surface area contributed by atoms with Crippen LogP contribution >= 0.6 is 0 Å². The second-order valence-electron chi connectivity index (χ2n) is 6.69. The number of nitrogens with zero attached hydrogens (tertiary/aromatic N) is 5. The number of carbonyl (C=O) groups is 2. The number of hydrogen-bond donors (Lipinski definition) is 1. The molecule has 0 spiro atoms. The minimum absolute atomic E-state index is 0.0400. The zero-order chi connectivity index (χ0) is 21.1. The number of halogens is 1. The number of hydrazone groups is 1. The first-order valence-electron chi connectivity index (χ1n) is 9.18. The van der Waals surface area contributed by atoms with E-state index in [0.29, 0.717) is 18.0 Å². The number of nitrogens with one attached hydrogen (secondary N) is 1. The van der Waals surface area contributed by atoms with Crippen LogP contribution in [0.15, 0.2) is 52.4 Å². The van der Waals surface area contributed by atoms with Gasteiger partial charge in [-0.05, 0) is 36.8 Å². The lowest BCUT2D eigenvalue weighted by atomic mass is 10.1. The van der Waals surface area contributed by atoms with E-state index in [4.69, 9.17) is 4.52 Å². The Morgan fingerprint density at radius 2 is 2.03 bits per heavy atom. The topological polar surface area (TPSA) is 114 Å². The van der Waals surface area contributed by atoms with Crippen molar-refractivity contribution in [1.29, 1.82) is 0 Å². The average Bonchev–Trinajstić information content (AvgIpc) is 3.23. The van der Waals surface area contributed by atoms with Gasteiger partial charge >= 0.3 is 0 Å². The number of hydrogen-bond acceptors (Lipinski definition) is 7. The zero-order valence-corrected chi connectivity index (χ0v) is 16.0. The van der Waals surface area contributed by atoms with E-state index in [1.165, 1.54) is 12.1 Å². The van der Waals surface area contributed by atoms with Crippen molar-refractivity contribution in [3.63, 3.8) is 0 Å². The van der Waals surface area contributed by atoms with Gasteiger partial charge in [-0.25, -0.2) is 9.40 Å². The van der Waals surface area contributed by atoms with Gasteiger partial charge in [-0.2, -0.15) is 10.1 Å². The first-order chi connectivity index (χ1) is 14.5. The summed E-state index contributed by atoms with van der Waals surface area (Å²) >= 11 is 0. The molecule has 0 atom stereocenters. The Kier molecular flexibility index (Phi) is 5.29. The monoisotopic (exact) mass is 408 g/mol. The van der Waals surface area contributed by atoms with Crippen molar-refractivity contribution in [2.75, 3.05) is 11.9 Å². The summed E-state index contributed by atoms with van der Waals surface area (Å²) in [6.07, 6.45) is 3.66. The van der Waals surface area contributed by atoms with E-state index < -0.39 is 11.7 Å². The third-order valence-electron chi connectivity index (χ3n) is 4.41. The predicted molar refractivity (Wildman–Crippen MR) is 105 cm³/mol. The van der Waals surface area contributed by atoms with Crippen LogP contribution in [0.2, 0.25) is 0 Å². The average molecular weight is 408 g/mol. The molecule has 0 unspecified atom stereocenters. The SMILES string of the molecule is Cc1ccc(NC(=O)CN2N=C(c3nc(-c4ccncc4)no3)CCC2=O)c(F)c1. The van der Waals surface area contributed by atoms with Gasteiger partial charge in [0.2, 0.25) is 17.6 Å². The summed E-state index contributed by atoms with van der Waals surface area (Å²) < 4.78 is 19.2. The van der Waals surface area contributed by atoms with Crippen LogP contribution in [0.5, 0.6) is 0 Å². The second kappa shape index (κ2) is 8.19. The van der Waals surface area contributed by atoms with Gasteiger partial charge in [0.15, 0.2) is 0 Å². The van der Waals surface area contributed by atoms with Crippen LogP contribution in [-0.4, -0.2) is 44.2 Å². The molecular formula is C20H17FN6O3. The molecule has 2 amide bonds. The third kappa shape index (κ3) is 4.22. The quantitative estimate of drug-likeness (QED) is 0.694. The maximum atomic E-state index is 13.9. The summed E-state index contributed by atoms with van der Waals surface area (Å²) in [5.74, 6) is -0.909. The fraction of sp³-hybridized carbons (Fsp3) is 0.200. The third-order valence-corrected chi connectivity index (χ3v) is 4.41. The van der Waals surface area contributed by atoms with Crippen molar-refractivity contribution < 1.29 is 18.5 Å². The van der Waals surface area contributed by atoms with Gasteiger partial charge in [-0.15, -0.1) is 0 Å². The van der Waals surface area contributed by atoms with Gasteiger partial charge in [0.05, 0.1) is 5.69 Å².